The predicted molar refractivity (Wildman–Crippen MR) is 64.5 cm³/mol. The lowest BCUT2D eigenvalue weighted by Crippen LogP contribution is -2.02. The number of ketones is 1. The number of carbonyl (C=O) groups is 1. The van der Waals surface area contributed by atoms with Crippen molar-refractivity contribution in [2.45, 2.75) is 5.03 Å². The van der Waals surface area contributed by atoms with Crippen LogP contribution in [0.1, 0.15) is 10.5 Å². The van der Waals surface area contributed by atoms with E-state index in [9.17, 15) is 14.9 Å². The third-order valence-electron chi connectivity index (χ3n) is 2.07. The molecule has 0 aliphatic rings. The van der Waals surface area contributed by atoms with Crippen LogP contribution in [0.5, 0.6) is 0 Å². The lowest BCUT2D eigenvalue weighted by atomic mass is 10.3. The van der Waals surface area contributed by atoms with Crippen LogP contribution in [-0.2, 0) is 0 Å². The first kappa shape index (κ1) is 12.2. The van der Waals surface area contributed by atoms with Crippen molar-refractivity contribution in [3.05, 3.63) is 46.7 Å². The Hall–Kier alpha value is -2.22. The van der Waals surface area contributed by atoms with Gasteiger partial charge in [0.05, 0.1) is 28.8 Å². The third-order valence-corrected chi connectivity index (χ3v) is 2.98. The van der Waals surface area contributed by atoms with Crippen molar-refractivity contribution >= 4 is 23.2 Å². The summed E-state index contributed by atoms with van der Waals surface area (Å²) in [6.45, 7) is 0. The lowest BCUT2D eigenvalue weighted by molar-refractivity contribution is -0.384. The number of nitrogens with one attached hydrogen (secondary N) is 1. The van der Waals surface area contributed by atoms with Crippen LogP contribution < -0.4 is 0 Å². The molecule has 0 aromatic carbocycles. The fourth-order valence-corrected chi connectivity index (χ4v) is 1.93. The van der Waals surface area contributed by atoms with E-state index in [1.165, 1.54) is 30.2 Å². The molecular formula is C10H8N4O3S. The van der Waals surface area contributed by atoms with Gasteiger partial charge in [-0.25, -0.2) is 4.98 Å². The second-order valence-electron chi connectivity index (χ2n) is 3.28. The van der Waals surface area contributed by atoms with Crippen molar-refractivity contribution < 1.29 is 9.72 Å². The highest BCUT2D eigenvalue weighted by molar-refractivity contribution is 7.99. The van der Waals surface area contributed by atoms with Gasteiger partial charge in [0, 0.05) is 18.5 Å². The van der Waals surface area contributed by atoms with Gasteiger partial charge in [-0.15, -0.1) is 0 Å². The molecule has 0 saturated carbocycles. The molecule has 2 heterocycles. The summed E-state index contributed by atoms with van der Waals surface area (Å²) in [6, 6.07) is 1.22. The van der Waals surface area contributed by atoms with Gasteiger partial charge in [0.25, 0.3) is 5.69 Å². The van der Waals surface area contributed by atoms with Gasteiger partial charge < -0.3 is 4.98 Å². The summed E-state index contributed by atoms with van der Waals surface area (Å²) >= 11 is 1.23. The summed E-state index contributed by atoms with van der Waals surface area (Å²) in [5.74, 6) is -0.0742. The van der Waals surface area contributed by atoms with Gasteiger partial charge in [-0.3, -0.25) is 19.9 Å². The second-order valence-corrected chi connectivity index (χ2v) is 4.28. The number of aromatic nitrogens is 3. The first-order valence-electron chi connectivity index (χ1n) is 4.91. The molecule has 0 aliphatic heterocycles. The molecule has 0 bridgehead atoms. The van der Waals surface area contributed by atoms with Crippen LogP contribution in [0, 0.1) is 10.1 Å². The van der Waals surface area contributed by atoms with Crippen LogP contribution in [0.25, 0.3) is 0 Å². The van der Waals surface area contributed by atoms with Crippen LogP contribution in [0.3, 0.4) is 0 Å². The molecular weight excluding hydrogens is 256 g/mol. The van der Waals surface area contributed by atoms with Crippen molar-refractivity contribution in [3.63, 3.8) is 0 Å². The van der Waals surface area contributed by atoms with Crippen LogP contribution in [0.2, 0.25) is 0 Å². The molecule has 7 nitrogen and oxygen atoms in total. The fourth-order valence-electron chi connectivity index (χ4n) is 1.23. The molecule has 0 radical (unpaired) electrons. The topological polar surface area (TPSA) is 102 Å². The number of hydrogen-bond donors (Lipinski definition) is 1. The zero-order valence-corrected chi connectivity index (χ0v) is 9.88. The van der Waals surface area contributed by atoms with Gasteiger partial charge in [0.1, 0.15) is 5.03 Å². The van der Waals surface area contributed by atoms with E-state index < -0.39 is 4.92 Å². The molecule has 8 heteroatoms. The van der Waals surface area contributed by atoms with Crippen molar-refractivity contribution in [1.29, 1.82) is 0 Å². The Morgan fingerprint density at radius 2 is 2.33 bits per heavy atom. The number of nitrogens with zero attached hydrogens (tertiary/aromatic N) is 3. The number of hydrogen-bond acceptors (Lipinski definition) is 6. The van der Waals surface area contributed by atoms with E-state index in [4.69, 9.17) is 0 Å². The molecule has 0 fully saturated rings. The summed E-state index contributed by atoms with van der Waals surface area (Å²) < 4.78 is 0. The van der Waals surface area contributed by atoms with Crippen LogP contribution in [0.15, 0.2) is 35.9 Å². The Morgan fingerprint density at radius 3 is 2.94 bits per heavy atom. The molecule has 2 rings (SSSR count). The van der Waals surface area contributed by atoms with Gasteiger partial charge in [-0.05, 0) is 0 Å². The average Bonchev–Trinajstić information content (AvgIpc) is 2.87. The predicted octanol–water partition coefficient (Wildman–Crippen LogP) is 1.69. The van der Waals surface area contributed by atoms with E-state index in [1.54, 1.807) is 12.4 Å². The third kappa shape index (κ3) is 2.92. The largest absolute Gasteiger partial charge is 0.353 e. The first-order chi connectivity index (χ1) is 8.66. The summed E-state index contributed by atoms with van der Waals surface area (Å²) in [5, 5.41) is 11.1. The highest BCUT2D eigenvalue weighted by atomic mass is 32.2. The number of H-pyrrole nitrogens is 1. The van der Waals surface area contributed by atoms with E-state index >= 15 is 0 Å². The molecule has 0 spiro atoms. The molecule has 92 valence electrons. The standard InChI is InChI=1S/C10H8N4O3S/c15-9(6-18-10-5-11-1-2-12-10)8-3-7(4-13-8)14(16)17/h1-5,13H,6H2. The second kappa shape index (κ2) is 5.41. The minimum absolute atomic E-state index is 0.122. The molecule has 1 N–H and O–H groups in total. The normalized spacial score (nSPS) is 10.2. The lowest BCUT2D eigenvalue weighted by Gasteiger charge is -1.97. The number of rotatable bonds is 5. The fraction of sp³-hybridized carbons (Fsp3) is 0.100. The zero-order valence-electron chi connectivity index (χ0n) is 9.07. The van der Waals surface area contributed by atoms with E-state index in [0.29, 0.717) is 5.03 Å². The van der Waals surface area contributed by atoms with Gasteiger partial charge in [0.2, 0.25) is 0 Å². The number of aromatic amines is 1. The van der Waals surface area contributed by atoms with Crippen molar-refractivity contribution in [2.24, 2.45) is 0 Å². The Morgan fingerprint density at radius 1 is 1.50 bits per heavy atom. The average molecular weight is 264 g/mol. The Kier molecular flexibility index (Phi) is 3.68. The number of thioether (sulfide) groups is 1. The maximum absolute atomic E-state index is 11.7. The van der Waals surface area contributed by atoms with E-state index in [2.05, 4.69) is 15.0 Å². The smallest absolute Gasteiger partial charge is 0.287 e. The van der Waals surface area contributed by atoms with Crippen LogP contribution >= 0.6 is 11.8 Å². The number of carbonyl (C=O) groups excluding carboxylic acids is 1. The maximum atomic E-state index is 11.7. The molecule has 0 saturated heterocycles. The van der Waals surface area contributed by atoms with E-state index in [-0.39, 0.29) is 22.9 Å². The highest BCUT2D eigenvalue weighted by Crippen LogP contribution is 2.17. The molecule has 0 aliphatic carbocycles. The van der Waals surface area contributed by atoms with E-state index in [0.717, 1.165) is 0 Å². The maximum Gasteiger partial charge on any atom is 0.287 e. The SMILES string of the molecule is O=C(CSc1cnccn1)c1cc([N+](=O)[O-])c[nH]1. The van der Waals surface area contributed by atoms with Gasteiger partial charge >= 0.3 is 0 Å². The molecule has 18 heavy (non-hydrogen) atoms. The number of Topliss-reactive ketones (excluding diaryl/α,β-unsaturated/α-hetero) is 1. The van der Waals surface area contributed by atoms with Crippen LogP contribution in [0.4, 0.5) is 5.69 Å². The summed E-state index contributed by atoms with van der Waals surface area (Å²) in [6.07, 6.45) is 5.82. The Balaban J connectivity index is 1.97. The quantitative estimate of drug-likeness (QED) is 0.381. The van der Waals surface area contributed by atoms with Gasteiger partial charge in [-0.1, -0.05) is 11.8 Å². The minimum atomic E-state index is -0.552. The molecule has 2 aromatic rings. The summed E-state index contributed by atoms with van der Waals surface area (Å²) in [7, 11) is 0. The highest BCUT2D eigenvalue weighted by Gasteiger charge is 2.14. The number of nitro groups is 1. The first-order valence-corrected chi connectivity index (χ1v) is 5.90. The summed E-state index contributed by atoms with van der Waals surface area (Å²) in [4.78, 5) is 32.1. The van der Waals surface area contributed by atoms with Crippen molar-refractivity contribution in [2.75, 3.05) is 5.75 Å². The summed E-state index contributed by atoms with van der Waals surface area (Å²) in [5.41, 5.74) is 0.0981. The minimum Gasteiger partial charge on any atom is -0.353 e. The van der Waals surface area contributed by atoms with Gasteiger partial charge in [-0.2, -0.15) is 0 Å². The van der Waals surface area contributed by atoms with E-state index in [1.807, 2.05) is 0 Å². The Bertz CT molecular complexity index is 570. The molecule has 0 amide bonds. The Labute approximate surface area is 106 Å². The van der Waals surface area contributed by atoms with Crippen LogP contribution in [-0.4, -0.2) is 31.4 Å². The zero-order chi connectivity index (χ0) is 13.0. The molecule has 0 unspecified atom stereocenters. The van der Waals surface area contributed by atoms with Gasteiger partial charge in [0.15, 0.2) is 5.78 Å². The molecule has 2 aromatic heterocycles. The monoisotopic (exact) mass is 264 g/mol. The molecule has 0 atom stereocenters. The van der Waals surface area contributed by atoms with Crippen molar-refractivity contribution in [3.8, 4) is 0 Å². The van der Waals surface area contributed by atoms with Crippen molar-refractivity contribution in [1.82, 2.24) is 15.0 Å².